The van der Waals surface area contributed by atoms with Crippen molar-refractivity contribution in [2.24, 2.45) is 13.0 Å². The highest BCUT2D eigenvalue weighted by molar-refractivity contribution is 7.92. The van der Waals surface area contributed by atoms with Gasteiger partial charge < -0.3 is 5.32 Å². The summed E-state index contributed by atoms with van der Waals surface area (Å²) in [4.78, 5) is 27.2. The molecule has 3 atom stereocenters. The Bertz CT molecular complexity index is 2710. The zero-order valence-electron chi connectivity index (χ0n) is 29.4. The Kier molecular flexibility index (Phi) is 9.06. The molecule has 4 heterocycles. The van der Waals surface area contributed by atoms with Crippen molar-refractivity contribution >= 4 is 44.3 Å². The van der Waals surface area contributed by atoms with E-state index in [4.69, 9.17) is 16.6 Å². The number of aryl methyl sites for hydroxylation is 1. The van der Waals surface area contributed by atoms with E-state index in [1.54, 1.807) is 24.3 Å². The third kappa shape index (κ3) is 7.04. The number of nitrogens with zero attached hydrogens (tertiary/aromatic N) is 7. The van der Waals surface area contributed by atoms with Crippen LogP contribution in [-0.4, -0.2) is 55.1 Å². The molecule has 0 radical (unpaired) electrons. The van der Waals surface area contributed by atoms with Gasteiger partial charge in [0.1, 0.15) is 29.6 Å². The molecule has 0 saturated heterocycles. The molecule has 21 heteroatoms. The molecule has 1 saturated carbocycles. The van der Waals surface area contributed by atoms with E-state index in [1.165, 1.54) is 30.2 Å². The van der Waals surface area contributed by atoms with Crippen LogP contribution in [0.25, 0.3) is 33.5 Å². The summed E-state index contributed by atoms with van der Waals surface area (Å²) in [6.07, 6.45) is -1.80. The number of carbonyl (C=O) groups is 1. The summed E-state index contributed by atoms with van der Waals surface area (Å²) in [6, 6.07) is 8.95. The van der Waals surface area contributed by atoms with Gasteiger partial charge >= 0.3 is 6.18 Å². The molecule has 6 aromatic rings. The fraction of sp³-hybridized carbons (Fsp3) is 0.278. The first-order valence-corrected chi connectivity index (χ1v) is 19.3. The Labute approximate surface area is 323 Å². The van der Waals surface area contributed by atoms with Gasteiger partial charge in [-0.05, 0) is 54.7 Å². The number of pyridine rings is 1. The third-order valence-electron chi connectivity index (χ3n) is 9.75. The number of benzene rings is 2. The van der Waals surface area contributed by atoms with Crippen molar-refractivity contribution in [1.29, 1.82) is 0 Å². The fourth-order valence-electron chi connectivity index (χ4n) is 7.52. The van der Waals surface area contributed by atoms with Crippen molar-refractivity contribution in [2.45, 2.75) is 43.4 Å². The zero-order chi connectivity index (χ0) is 40.8. The molecule has 0 aliphatic heterocycles. The second kappa shape index (κ2) is 13.5. The van der Waals surface area contributed by atoms with Gasteiger partial charge in [-0.1, -0.05) is 23.7 Å². The maximum Gasteiger partial charge on any atom is 0.435 e. The van der Waals surface area contributed by atoms with Gasteiger partial charge in [-0.25, -0.2) is 32.2 Å². The standard InChI is InChI=1S/C36H27ClF7N9O3S/c1-52-30-20(4-6-23(37)28(30)34(50-52)51-57(2,55)56)19-5-7-24(33-45-8-3-9-46-33)48-29(19)25(12-16-10-17(38)13-18(39)11-16)47-26(54)15-53-32-27(31(49-53)36(42,43)44)21-14-22(21)35(32,40)41/h3-11,13,21-22,25H,12,14-15H2,1-2H3,(H,47,54)(H,50,51)/t21-,22?,25-/m0/s1. The largest absolute Gasteiger partial charge is 0.435 e. The van der Waals surface area contributed by atoms with Crippen LogP contribution in [0.5, 0.6) is 0 Å². The first kappa shape index (κ1) is 38.3. The summed E-state index contributed by atoms with van der Waals surface area (Å²) >= 11 is 6.58. The average Bonchev–Trinajstić information content (AvgIpc) is 3.66. The summed E-state index contributed by atoms with van der Waals surface area (Å²) in [5.74, 6) is -9.05. The maximum atomic E-state index is 15.4. The van der Waals surface area contributed by atoms with Crippen molar-refractivity contribution < 1.29 is 43.9 Å². The maximum absolute atomic E-state index is 15.4. The molecular formula is C36H27ClF7N9O3S. The minimum Gasteiger partial charge on any atom is -0.346 e. The quantitative estimate of drug-likeness (QED) is 0.141. The summed E-state index contributed by atoms with van der Waals surface area (Å²) in [5, 5.41) is 10.7. The number of sulfonamides is 1. The lowest BCUT2D eigenvalue weighted by molar-refractivity contribution is -0.142. The number of hydrogen-bond acceptors (Lipinski definition) is 8. The van der Waals surface area contributed by atoms with E-state index < -0.39 is 81.0 Å². The molecule has 296 valence electrons. The van der Waals surface area contributed by atoms with Gasteiger partial charge in [0.2, 0.25) is 15.9 Å². The van der Waals surface area contributed by atoms with E-state index in [-0.39, 0.29) is 62.9 Å². The molecule has 0 bridgehead atoms. The Balaban J connectivity index is 1.29. The Morgan fingerprint density at radius 1 is 1.04 bits per heavy atom. The lowest BCUT2D eigenvalue weighted by atomic mass is 9.93. The molecule has 57 heavy (non-hydrogen) atoms. The summed E-state index contributed by atoms with van der Waals surface area (Å²) in [7, 11) is -2.33. The number of halogens is 8. The van der Waals surface area contributed by atoms with Crippen LogP contribution in [0.1, 0.15) is 46.6 Å². The second-order valence-electron chi connectivity index (χ2n) is 13.8. The van der Waals surface area contributed by atoms with Gasteiger partial charge in [-0.15, -0.1) is 0 Å². The number of fused-ring (bicyclic) bond motifs is 4. The molecule has 1 amide bonds. The Hall–Kier alpha value is -5.63. The van der Waals surface area contributed by atoms with Gasteiger partial charge in [-0.2, -0.15) is 32.1 Å². The SMILES string of the molecule is Cn1nc(NS(C)(=O)=O)c2c(Cl)ccc(-c3ccc(-c4ncccn4)nc3[C@H](Cc3cc(F)cc(F)c3)NC(=O)Cn3nc(C(F)(F)F)c4c3C(F)(F)C3C[C@H]43)c21. The van der Waals surface area contributed by atoms with Crippen molar-refractivity contribution in [3.05, 3.63) is 106 Å². The van der Waals surface area contributed by atoms with E-state index in [1.807, 2.05) is 0 Å². The predicted octanol–water partition coefficient (Wildman–Crippen LogP) is 6.92. The molecule has 2 aliphatic rings. The van der Waals surface area contributed by atoms with Crippen molar-refractivity contribution in [3.63, 3.8) is 0 Å². The number of rotatable bonds is 10. The first-order chi connectivity index (χ1) is 26.8. The highest BCUT2D eigenvalue weighted by Gasteiger charge is 2.68. The van der Waals surface area contributed by atoms with Crippen molar-refractivity contribution in [1.82, 2.24) is 39.8 Å². The lowest BCUT2D eigenvalue weighted by Gasteiger charge is -2.23. The smallest absolute Gasteiger partial charge is 0.346 e. The van der Waals surface area contributed by atoms with Gasteiger partial charge in [0, 0.05) is 48.1 Å². The Morgan fingerprint density at radius 3 is 2.39 bits per heavy atom. The van der Waals surface area contributed by atoms with Crippen LogP contribution in [0.15, 0.2) is 60.9 Å². The van der Waals surface area contributed by atoms with Gasteiger partial charge in [-0.3, -0.25) is 18.9 Å². The normalized spacial score (nSPS) is 17.6. The minimum absolute atomic E-state index is 0.00802. The third-order valence-corrected chi connectivity index (χ3v) is 10.6. The topological polar surface area (TPSA) is 150 Å². The highest BCUT2D eigenvalue weighted by Crippen LogP contribution is 2.68. The Morgan fingerprint density at radius 2 is 1.72 bits per heavy atom. The van der Waals surface area contributed by atoms with Crippen LogP contribution in [0.3, 0.4) is 0 Å². The number of alkyl halides is 5. The second-order valence-corrected chi connectivity index (χ2v) is 16.0. The van der Waals surface area contributed by atoms with Crippen LogP contribution >= 0.6 is 11.6 Å². The minimum atomic E-state index is -5.07. The van der Waals surface area contributed by atoms with E-state index >= 15 is 8.78 Å². The molecule has 8 rings (SSSR count). The van der Waals surface area contributed by atoms with Crippen LogP contribution in [0.2, 0.25) is 5.02 Å². The van der Waals surface area contributed by atoms with Gasteiger partial charge in [0.15, 0.2) is 17.3 Å². The molecule has 2 N–H and O–H groups in total. The first-order valence-electron chi connectivity index (χ1n) is 17.0. The van der Waals surface area contributed by atoms with Crippen molar-refractivity contribution in [3.8, 4) is 22.6 Å². The molecule has 1 unspecified atom stereocenters. The molecular weight excluding hydrogens is 807 g/mol. The molecule has 1 fully saturated rings. The molecule has 2 aliphatic carbocycles. The van der Waals surface area contributed by atoms with E-state index in [9.17, 15) is 35.2 Å². The molecule has 2 aromatic carbocycles. The highest BCUT2D eigenvalue weighted by atomic mass is 35.5. The molecule has 4 aromatic heterocycles. The van der Waals surface area contributed by atoms with Crippen LogP contribution in [0.4, 0.5) is 36.6 Å². The average molecular weight is 834 g/mol. The molecule has 12 nitrogen and oxygen atoms in total. The number of carbonyl (C=O) groups excluding carboxylic acids is 1. The number of aromatic nitrogens is 7. The van der Waals surface area contributed by atoms with Crippen LogP contribution in [-0.2, 0) is 46.9 Å². The number of amides is 1. The monoisotopic (exact) mass is 833 g/mol. The summed E-state index contributed by atoms with van der Waals surface area (Å²) in [6.45, 7) is -1.08. The van der Waals surface area contributed by atoms with Crippen LogP contribution in [0, 0.1) is 17.6 Å². The lowest BCUT2D eigenvalue weighted by Crippen LogP contribution is -2.35. The van der Waals surface area contributed by atoms with Gasteiger partial charge in [0.25, 0.3) is 5.92 Å². The van der Waals surface area contributed by atoms with Gasteiger partial charge in [0.05, 0.1) is 33.9 Å². The number of hydrogen-bond donors (Lipinski definition) is 2. The number of nitrogens with one attached hydrogen (secondary N) is 2. The summed E-state index contributed by atoms with van der Waals surface area (Å²) < 4.78 is 131. The van der Waals surface area contributed by atoms with Crippen molar-refractivity contribution in [2.75, 3.05) is 11.0 Å². The molecule has 0 spiro atoms. The summed E-state index contributed by atoms with van der Waals surface area (Å²) in [5.41, 5.74) is -2.07. The van der Waals surface area contributed by atoms with E-state index in [0.29, 0.717) is 16.3 Å². The zero-order valence-corrected chi connectivity index (χ0v) is 31.0. The number of anilines is 1. The van der Waals surface area contributed by atoms with E-state index in [2.05, 4.69) is 30.2 Å². The predicted molar refractivity (Wildman–Crippen MR) is 191 cm³/mol. The fourth-order valence-corrected chi connectivity index (χ4v) is 8.25. The van der Waals surface area contributed by atoms with E-state index in [0.717, 1.165) is 18.4 Å². The van der Waals surface area contributed by atoms with Crippen LogP contribution < -0.4 is 10.0 Å².